The molecule has 1 fully saturated rings. The van der Waals surface area contributed by atoms with Crippen molar-refractivity contribution in [3.8, 4) is 11.8 Å². The van der Waals surface area contributed by atoms with Crippen LogP contribution in [0.4, 0.5) is 0 Å². The van der Waals surface area contributed by atoms with Crippen LogP contribution in [-0.4, -0.2) is 41.6 Å². The van der Waals surface area contributed by atoms with Crippen LogP contribution in [0.1, 0.15) is 23.2 Å². The Morgan fingerprint density at radius 1 is 1.50 bits per heavy atom. The summed E-state index contributed by atoms with van der Waals surface area (Å²) >= 11 is 3.17. The van der Waals surface area contributed by atoms with Gasteiger partial charge in [0.15, 0.2) is 0 Å². The number of amides is 1. The number of hydrogen-bond donors (Lipinski definition) is 2. The maximum Gasteiger partial charge on any atom is 0.252 e. The van der Waals surface area contributed by atoms with Gasteiger partial charge in [-0.3, -0.25) is 4.79 Å². The van der Waals surface area contributed by atoms with Crippen LogP contribution in [0.3, 0.4) is 0 Å². The highest BCUT2D eigenvalue weighted by molar-refractivity contribution is 9.10. The average Bonchev–Trinajstić information content (AvgIpc) is 2.44. The van der Waals surface area contributed by atoms with Crippen LogP contribution in [0, 0.1) is 11.3 Å². The fourth-order valence-electron chi connectivity index (χ4n) is 2.21. The van der Waals surface area contributed by atoms with Gasteiger partial charge in [0, 0.05) is 18.7 Å². The van der Waals surface area contributed by atoms with Crippen molar-refractivity contribution in [2.24, 2.45) is 0 Å². The van der Waals surface area contributed by atoms with Gasteiger partial charge in [0.25, 0.3) is 5.91 Å². The maximum atomic E-state index is 12.2. The maximum absolute atomic E-state index is 12.2. The van der Waals surface area contributed by atoms with Crippen LogP contribution in [0.25, 0.3) is 0 Å². The molecule has 6 heteroatoms. The molecule has 1 aromatic carbocycles. The summed E-state index contributed by atoms with van der Waals surface area (Å²) in [5.41, 5.74) is -0.467. The number of carbonyl (C=O) groups is 1. The molecule has 106 valence electrons. The summed E-state index contributed by atoms with van der Waals surface area (Å²) in [6.07, 6.45) is 1.21. The Morgan fingerprint density at radius 3 is 2.70 bits per heavy atom. The summed E-state index contributed by atoms with van der Waals surface area (Å²) in [7, 11) is 2.00. The smallest absolute Gasteiger partial charge is 0.252 e. The molecule has 0 atom stereocenters. The standard InChI is InChI=1S/C14H16BrN3O2/c1-18-6-4-14(9-16,5-7-18)17-13(20)10-2-3-11(15)12(19)8-10/h2-3,8,19H,4-7H2,1H3,(H,17,20). The molecule has 0 aromatic heterocycles. The molecule has 1 aromatic rings. The lowest BCUT2D eigenvalue weighted by Crippen LogP contribution is -2.53. The quantitative estimate of drug-likeness (QED) is 0.863. The van der Waals surface area contributed by atoms with Gasteiger partial charge in [-0.15, -0.1) is 0 Å². The zero-order valence-electron chi connectivity index (χ0n) is 11.2. The highest BCUT2D eigenvalue weighted by Crippen LogP contribution is 2.25. The molecule has 1 aliphatic heterocycles. The highest BCUT2D eigenvalue weighted by atomic mass is 79.9. The van der Waals surface area contributed by atoms with E-state index in [2.05, 4.69) is 32.2 Å². The molecule has 1 amide bonds. The van der Waals surface area contributed by atoms with Crippen LogP contribution in [0.15, 0.2) is 22.7 Å². The lowest BCUT2D eigenvalue weighted by molar-refractivity contribution is 0.0881. The molecule has 2 rings (SSSR count). The number of halogens is 1. The second-order valence-electron chi connectivity index (χ2n) is 5.12. The van der Waals surface area contributed by atoms with Gasteiger partial charge in [-0.1, -0.05) is 0 Å². The van der Waals surface area contributed by atoms with Crippen molar-refractivity contribution in [2.75, 3.05) is 20.1 Å². The van der Waals surface area contributed by atoms with Crippen molar-refractivity contribution in [2.45, 2.75) is 18.4 Å². The summed E-state index contributed by atoms with van der Waals surface area (Å²) in [6, 6.07) is 6.84. The van der Waals surface area contributed by atoms with Crippen molar-refractivity contribution in [3.63, 3.8) is 0 Å². The summed E-state index contributed by atoms with van der Waals surface area (Å²) in [5.74, 6) is -0.328. The molecule has 1 heterocycles. The number of hydrogen-bond acceptors (Lipinski definition) is 4. The van der Waals surface area contributed by atoms with E-state index in [1.54, 1.807) is 12.1 Å². The van der Waals surface area contributed by atoms with Crippen LogP contribution in [0.2, 0.25) is 0 Å². The number of piperidine rings is 1. The van der Waals surface area contributed by atoms with Gasteiger partial charge >= 0.3 is 0 Å². The van der Waals surface area contributed by atoms with Gasteiger partial charge in [0.1, 0.15) is 11.3 Å². The molecule has 0 bridgehead atoms. The van der Waals surface area contributed by atoms with Gasteiger partial charge < -0.3 is 15.3 Å². The monoisotopic (exact) mass is 337 g/mol. The Morgan fingerprint density at radius 2 is 2.15 bits per heavy atom. The Bertz CT molecular complexity index is 560. The minimum Gasteiger partial charge on any atom is -0.507 e. The largest absolute Gasteiger partial charge is 0.507 e. The summed E-state index contributed by atoms with van der Waals surface area (Å²) in [6.45, 7) is 1.55. The molecule has 0 radical (unpaired) electrons. The molecule has 1 aliphatic rings. The van der Waals surface area contributed by atoms with Crippen molar-refractivity contribution in [1.82, 2.24) is 10.2 Å². The second-order valence-corrected chi connectivity index (χ2v) is 5.97. The van der Waals surface area contributed by atoms with Crippen LogP contribution in [-0.2, 0) is 0 Å². The molecule has 0 unspecified atom stereocenters. The lowest BCUT2D eigenvalue weighted by Gasteiger charge is -2.36. The summed E-state index contributed by atoms with van der Waals surface area (Å²) in [5, 5.41) is 21.8. The number of phenolic OH excluding ortho intramolecular Hbond substituents is 1. The van der Waals surface area contributed by atoms with Crippen molar-refractivity contribution >= 4 is 21.8 Å². The topological polar surface area (TPSA) is 76.4 Å². The lowest BCUT2D eigenvalue weighted by atomic mass is 9.89. The molecule has 1 saturated heterocycles. The van der Waals surface area contributed by atoms with E-state index < -0.39 is 5.54 Å². The van der Waals surface area contributed by atoms with Gasteiger partial charge in [-0.05, 0) is 54.0 Å². The molecular weight excluding hydrogens is 322 g/mol. The van der Waals surface area contributed by atoms with E-state index >= 15 is 0 Å². The molecule has 20 heavy (non-hydrogen) atoms. The molecular formula is C14H16BrN3O2. The van der Waals surface area contributed by atoms with Crippen LogP contribution >= 0.6 is 15.9 Å². The number of nitrogens with zero attached hydrogens (tertiary/aromatic N) is 2. The second kappa shape index (κ2) is 5.81. The highest BCUT2D eigenvalue weighted by Gasteiger charge is 2.35. The van der Waals surface area contributed by atoms with Crippen molar-refractivity contribution in [3.05, 3.63) is 28.2 Å². The number of rotatable bonds is 2. The van der Waals surface area contributed by atoms with Gasteiger partial charge in [0.2, 0.25) is 0 Å². The Kier molecular flexibility index (Phi) is 4.31. The molecule has 0 saturated carbocycles. The first-order chi connectivity index (χ1) is 9.46. The SMILES string of the molecule is CN1CCC(C#N)(NC(=O)c2ccc(Br)c(O)c2)CC1. The number of nitrogens with one attached hydrogen (secondary N) is 1. The van der Waals surface area contributed by atoms with E-state index in [4.69, 9.17) is 0 Å². The molecule has 2 N–H and O–H groups in total. The fraction of sp³-hybridized carbons (Fsp3) is 0.429. The molecule has 5 nitrogen and oxygen atoms in total. The fourth-order valence-corrected chi connectivity index (χ4v) is 2.46. The van der Waals surface area contributed by atoms with E-state index in [0.717, 1.165) is 13.1 Å². The third-order valence-electron chi connectivity index (χ3n) is 3.62. The van der Waals surface area contributed by atoms with Crippen molar-refractivity contribution in [1.29, 1.82) is 5.26 Å². The zero-order valence-corrected chi connectivity index (χ0v) is 12.8. The normalized spacial score (nSPS) is 18.2. The van der Waals surface area contributed by atoms with Gasteiger partial charge in [-0.2, -0.15) is 5.26 Å². The number of likely N-dealkylation sites (tertiary alicyclic amines) is 1. The summed E-state index contributed by atoms with van der Waals surface area (Å²) < 4.78 is 0.531. The van der Waals surface area contributed by atoms with Crippen LogP contribution in [0.5, 0.6) is 5.75 Å². The number of nitriles is 1. The first-order valence-corrected chi connectivity index (χ1v) is 7.16. The summed E-state index contributed by atoms with van der Waals surface area (Å²) in [4.78, 5) is 14.4. The molecule has 0 aliphatic carbocycles. The van der Waals surface area contributed by atoms with Gasteiger partial charge in [0.05, 0.1) is 10.5 Å². The first kappa shape index (κ1) is 14.8. The van der Waals surface area contributed by atoms with Gasteiger partial charge in [-0.25, -0.2) is 0 Å². The Labute approximate surface area is 126 Å². The van der Waals surface area contributed by atoms with E-state index in [0.29, 0.717) is 22.9 Å². The number of benzene rings is 1. The third-order valence-corrected chi connectivity index (χ3v) is 4.29. The average molecular weight is 338 g/mol. The number of aromatic hydroxyl groups is 1. The Hall–Kier alpha value is -1.58. The van der Waals surface area contributed by atoms with E-state index in [9.17, 15) is 15.2 Å². The predicted octanol–water partition coefficient (Wildman–Crippen LogP) is 1.87. The van der Waals surface area contributed by atoms with E-state index in [-0.39, 0.29) is 11.7 Å². The minimum atomic E-state index is -0.813. The number of carbonyl (C=O) groups excluding carboxylic acids is 1. The number of phenols is 1. The molecule has 0 spiro atoms. The Balaban J connectivity index is 2.13. The third kappa shape index (κ3) is 3.11. The zero-order chi connectivity index (χ0) is 14.8. The van der Waals surface area contributed by atoms with E-state index in [1.807, 2.05) is 7.05 Å². The van der Waals surface area contributed by atoms with Crippen LogP contribution < -0.4 is 5.32 Å². The predicted molar refractivity (Wildman–Crippen MR) is 78.3 cm³/mol. The van der Waals surface area contributed by atoms with E-state index in [1.165, 1.54) is 6.07 Å². The van der Waals surface area contributed by atoms with Crippen molar-refractivity contribution < 1.29 is 9.90 Å². The minimum absolute atomic E-state index is 0.00651. The first-order valence-electron chi connectivity index (χ1n) is 6.37.